The maximum absolute atomic E-state index is 14.4. The summed E-state index contributed by atoms with van der Waals surface area (Å²) >= 11 is 0. The van der Waals surface area contributed by atoms with Crippen LogP contribution in [0.15, 0.2) is 41.7 Å². The maximum atomic E-state index is 14.4. The first-order valence-electron chi connectivity index (χ1n) is 10.4. The third kappa shape index (κ3) is 6.44. The summed E-state index contributed by atoms with van der Waals surface area (Å²) in [6.45, 7) is 8.12. The SMILES string of the molecule is CCNC(=NCCc1ccncc1C)NC(C)c1ccc(OCC2CC2)c(F)c1. The van der Waals surface area contributed by atoms with E-state index >= 15 is 0 Å². The van der Waals surface area contributed by atoms with Crippen LogP contribution in [0.25, 0.3) is 0 Å². The zero-order valence-electron chi connectivity index (χ0n) is 17.5. The highest BCUT2D eigenvalue weighted by atomic mass is 19.1. The lowest BCUT2D eigenvalue weighted by molar-refractivity contribution is 0.285. The molecular weight excluding hydrogens is 367 g/mol. The van der Waals surface area contributed by atoms with Crippen molar-refractivity contribution in [2.75, 3.05) is 19.7 Å². The van der Waals surface area contributed by atoms with Gasteiger partial charge in [-0.1, -0.05) is 6.07 Å². The second-order valence-electron chi connectivity index (χ2n) is 7.62. The molecule has 1 heterocycles. The molecule has 1 fully saturated rings. The van der Waals surface area contributed by atoms with Gasteiger partial charge in [-0.25, -0.2) is 4.39 Å². The molecule has 0 spiro atoms. The summed E-state index contributed by atoms with van der Waals surface area (Å²) in [7, 11) is 0. The first kappa shape index (κ1) is 21.1. The second-order valence-corrected chi connectivity index (χ2v) is 7.62. The van der Waals surface area contributed by atoms with Crippen molar-refractivity contribution in [1.82, 2.24) is 15.6 Å². The lowest BCUT2D eigenvalue weighted by Gasteiger charge is -2.19. The molecule has 156 valence electrons. The van der Waals surface area contributed by atoms with Crippen LogP contribution in [0.2, 0.25) is 0 Å². The number of nitrogens with one attached hydrogen (secondary N) is 2. The number of guanidine groups is 1. The molecule has 1 aliphatic carbocycles. The van der Waals surface area contributed by atoms with Gasteiger partial charge in [0, 0.05) is 25.5 Å². The largest absolute Gasteiger partial charge is 0.490 e. The topological polar surface area (TPSA) is 58.5 Å². The van der Waals surface area contributed by atoms with E-state index in [1.54, 1.807) is 12.1 Å². The van der Waals surface area contributed by atoms with Gasteiger partial charge in [0.2, 0.25) is 0 Å². The van der Waals surface area contributed by atoms with E-state index in [2.05, 4.69) is 27.5 Å². The highest BCUT2D eigenvalue weighted by Crippen LogP contribution is 2.30. The van der Waals surface area contributed by atoms with Crippen molar-refractivity contribution in [3.05, 3.63) is 59.2 Å². The number of benzene rings is 1. The number of hydrogen-bond acceptors (Lipinski definition) is 3. The predicted octanol–water partition coefficient (Wildman–Crippen LogP) is 4.18. The van der Waals surface area contributed by atoms with Gasteiger partial charge in [0.05, 0.1) is 12.6 Å². The van der Waals surface area contributed by atoms with Gasteiger partial charge in [-0.3, -0.25) is 9.98 Å². The van der Waals surface area contributed by atoms with Crippen LogP contribution in [-0.4, -0.2) is 30.6 Å². The molecule has 1 atom stereocenters. The summed E-state index contributed by atoms with van der Waals surface area (Å²) in [5.74, 6) is 1.35. The fourth-order valence-corrected chi connectivity index (χ4v) is 3.07. The molecule has 1 saturated carbocycles. The van der Waals surface area contributed by atoms with Gasteiger partial charge in [0.25, 0.3) is 0 Å². The number of hydrogen-bond donors (Lipinski definition) is 2. The van der Waals surface area contributed by atoms with Crippen LogP contribution in [-0.2, 0) is 6.42 Å². The number of aryl methyl sites for hydroxylation is 1. The zero-order valence-corrected chi connectivity index (χ0v) is 17.5. The van der Waals surface area contributed by atoms with E-state index in [1.807, 2.05) is 38.4 Å². The number of aromatic nitrogens is 1. The lowest BCUT2D eigenvalue weighted by atomic mass is 10.1. The zero-order chi connectivity index (χ0) is 20.6. The first-order chi connectivity index (χ1) is 14.1. The minimum Gasteiger partial charge on any atom is -0.490 e. The predicted molar refractivity (Wildman–Crippen MR) is 115 cm³/mol. The number of nitrogens with zero attached hydrogens (tertiary/aromatic N) is 2. The van der Waals surface area contributed by atoms with Crippen molar-refractivity contribution in [3.63, 3.8) is 0 Å². The third-order valence-corrected chi connectivity index (χ3v) is 5.11. The number of halogens is 1. The van der Waals surface area contributed by atoms with Gasteiger partial charge >= 0.3 is 0 Å². The van der Waals surface area contributed by atoms with Gasteiger partial charge in [0.15, 0.2) is 17.5 Å². The Hall–Kier alpha value is -2.63. The van der Waals surface area contributed by atoms with Crippen molar-refractivity contribution >= 4 is 5.96 Å². The molecule has 2 N–H and O–H groups in total. The molecule has 29 heavy (non-hydrogen) atoms. The lowest BCUT2D eigenvalue weighted by Crippen LogP contribution is -2.39. The highest BCUT2D eigenvalue weighted by Gasteiger charge is 2.22. The van der Waals surface area contributed by atoms with Crippen molar-refractivity contribution in [2.24, 2.45) is 10.9 Å². The van der Waals surface area contributed by atoms with Gasteiger partial charge in [-0.2, -0.15) is 0 Å². The summed E-state index contributed by atoms with van der Waals surface area (Å²) in [6, 6.07) is 7.13. The second kappa shape index (κ2) is 10.2. The number of rotatable bonds is 9. The van der Waals surface area contributed by atoms with Gasteiger partial charge < -0.3 is 15.4 Å². The Balaban J connectivity index is 1.58. The van der Waals surface area contributed by atoms with E-state index < -0.39 is 0 Å². The van der Waals surface area contributed by atoms with Crippen molar-refractivity contribution in [3.8, 4) is 5.75 Å². The Morgan fingerprint density at radius 2 is 2.17 bits per heavy atom. The molecule has 1 aromatic heterocycles. The summed E-state index contributed by atoms with van der Waals surface area (Å²) < 4.78 is 20.0. The molecule has 3 rings (SSSR count). The number of pyridine rings is 1. The van der Waals surface area contributed by atoms with Crippen molar-refractivity contribution < 1.29 is 9.13 Å². The maximum Gasteiger partial charge on any atom is 0.191 e. The van der Waals surface area contributed by atoms with Crippen LogP contribution in [0.5, 0.6) is 5.75 Å². The molecule has 1 unspecified atom stereocenters. The van der Waals surface area contributed by atoms with E-state index in [-0.39, 0.29) is 11.9 Å². The van der Waals surface area contributed by atoms with E-state index in [0.717, 1.165) is 24.5 Å². The molecule has 6 heteroatoms. The average Bonchev–Trinajstić information content (AvgIpc) is 3.53. The van der Waals surface area contributed by atoms with E-state index in [9.17, 15) is 4.39 Å². The Morgan fingerprint density at radius 1 is 1.34 bits per heavy atom. The van der Waals surface area contributed by atoms with Gasteiger partial charge in [-0.05, 0) is 80.8 Å². The Bertz CT molecular complexity index is 835. The first-order valence-corrected chi connectivity index (χ1v) is 10.4. The number of ether oxygens (including phenoxy) is 1. The average molecular weight is 399 g/mol. The molecular formula is C23H31FN4O. The molecule has 5 nitrogen and oxygen atoms in total. The van der Waals surface area contributed by atoms with Gasteiger partial charge in [-0.15, -0.1) is 0 Å². The minimum absolute atomic E-state index is 0.0811. The van der Waals surface area contributed by atoms with Crippen LogP contribution in [0.4, 0.5) is 4.39 Å². The van der Waals surface area contributed by atoms with E-state index in [0.29, 0.717) is 24.8 Å². The smallest absolute Gasteiger partial charge is 0.191 e. The van der Waals surface area contributed by atoms with Crippen molar-refractivity contribution in [2.45, 2.75) is 46.1 Å². The summed E-state index contributed by atoms with van der Waals surface area (Å²) in [5.41, 5.74) is 3.28. The van der Waals surface area contributed by atoms with Crippen LogP contribution in [0.3, 0.4) is 0 Å². The van der Waals surface area contributed by atoms with Crippen LogP contribution in [0.1, 0.15) is 49.4 Å². The third-order valence-electron chi connectivity index (χ3n) is 5.11. The number of aliphatic imine (C=N–C) groups is 1. The molecule has 0 radical (unpaired) electrons. The fourth-order valence-electron chi connectivity index (χ4n) is 3.07. The summed E-state index contributed by atoms with van der Waals surface area (Å²) in [4.78, 5) is 8.79. The molecule has 0 saturated heterocycles. The summed E-state index contributed by atoms with van der Waals surface area (Å²) in [6.07, 6.45) is 6.91. The molecule has 1 aromatic carbocycles. The van der Waals surface area contributed by atoms with Crippen molar-refractivity contribution in [1.29, 1.82) is 0 Å². The van der Waals surface area contributed by atoms with Gasteiger partial charge in [0.1, 0.15) is 0 Å². The minimum atomic E-state index is -0.313. The van der Waals surface area contributed by atoms with E-state index in [4.69, 9.17) is 4.74 Å². The Morgan fingerprint density at radius 3 is 2.86 bits per heavy atom. The Labute approximate surface area is 172 Å². The quantitative estimate of drug-likeness (QED) is 0.492. The normalized spacial score (nSPS) is 15.1. The molecule has 2 aromatic rings. The van der Waals surface area contributed by atoms with E-state index in [1.165, 1.54) is 24.0 Å². The standard InChI is InChI=1S/C23H31FN4O/c1-4-26-23(27-12-10-19-9-11-25-14-16(19)2)28-17(3)20-7-8-22(21(24)13-20)29-15-18-5-6-18/h7-9,11,13-14,17-18H,4-6,10,12,15H2,1-3H3,(H2,26,27,28). The monoisotopic (exact) mass is 398 g/mol. The molecule has 1 aliphatic rings. The van der Waals surface area contributed by atoms with Crippen LogP contribution < -0.4 is 15.4 Å². The molecule has 0 aliphatic heterocycles. The Kier molecular flexibility index (Phi) is 7.44. The fraction of sp³-hybridized carbons (Fsp3) is 0.478. The summed E-state index contributed by atoms with van der Waals surface area (Å²) in [5, 5.41) is 6.62. The molecule has 0 bridgehead atoms. The molecule has 0 amide bonds. The highest BCUT2D eigenvalue weighted by molar-refractivity contribution is 5.80. The van der Waals surface area contributed by atoms with Crippen LogP contribution >= 0.6 is 0 Å². The van der Waals surface area contributed by atoms with Crippen LogP contribution in [0, 0.1) is 18.7 Å².